The van der Waals surface area contributed by atoms with Crippen LogP contribution in [-0.4, -0.2) is 82.9 Å². The predicted molar refractivity (Wildman–Crippen MR) is 173 cm³/mol. The van der Waals surface area contributed by atoms with Crippen LogP contribution in [0.25, 0.3) is 10.8 Å². The molecule has 236 valence electrons. The molecule has 3 aliphatic heterocycles. The number of anilines is 1. The molecule has 0 spiro atoms. The molecular weight excluding hydrogens is 578 g/mol. The van der Waals surface area contributed by atoms with Crippen molar-refractivity contribution in [1.82, 2.24) is 19.8 Å². The molecule has 1 amide bonds. The number of carbonyl (C=O) groups is 1. The largest absolute Gasteiger partial charge is 0.462 e. The lowest BCUT2D eigenvalue weighted by atomic mass is 9.94. The van der Waals surface area contributed by atoms with Crippen LogP contribution in [0.5, 0.6) is 6.01 Å². The third kappa shape index (κ3) is 6.32. The van der Waals surface area contributed by atoms with Crippen LogP contribution in [0.15, 0.2) is 36.4 Å². The summed E-state index contributed by atoms with van der Waals surface area (Å²) in [6.07, 6.45) is 2.37. The Balaban J connectivity index is 1.31. The van der Waals surface area contributed by atoms with Crippen molar-refractivity contribution < 1.29 is 19.0 Å². The SMILES string of the molecule is C[C@@H]1CN(c2nc(OC[C@@H]3CCCN3C)nc3c2COC(c2cccc4cccc(Cl)c24)C3)C[C@H](C)N1C(=O)OC(C)(C)C. The molecule has 0 N–H and O–H groups in total. The maximum absolute atomic E-state index is 13.1. The number of aromatic nitrogens is 2. The van der Waals surface area contributed by atoms with Crippen molar-refractivity contribution in [3.8, 4) is 6.01 Å². The molecule has 2 saturated heterocycles. The van der Waals surface area contributed by atoms with Gasteiger partial charge in [0, 0.05) is 41.5 Å². The number of carbonyl (C=O) groups excluding carboxylic acids is 1. The number of piperazine rings is 1. The van der Waals surface area contributed by atoms with Crippen molar-refractivity contribution in [1.29, 1.82) is 0 Å². The van der Waals surface area contributed by atoms with Crippen molar-refractivity contribution in [2.24, 2.45) is 0 Å². The maximum Gasteiger partial charge on any atom is 0.410 e. The number of fused-ring (bicyclic) bond motifs is 2. The van der Waals surface area contributed by atoms with Crippen molar-refractivity contribution in [3.05, 3.63) is 58.2 Å². The van der Waals surface area contributed by atoms with E-state index in [4.69, 9.17) is 35.8 Å². The molecule has 9 nitrogen and oxygen atoms in total. The standard InChI is InChI=1S/C34H44ClN5O4/c1-21-17-39(18-22(2)40(21)33(41)44-34(3,4)5)31-26-20-42-29(25-13-7-10-23-11-8-14-27(35)30(23)25)16-28(26)36-32(37-31)43-19-24-12-9-15-38(24)6/h7-8,10-11,13-14,21-22,24,29H,9,12,15-20H2,1-6H3/t21-,22+,24-,29?/m0/s1. The molecule has 0 aliphatic carbocycles. The number of hydrogen-bond donors (Lipinski definition) is 0. The average Bonchev–Trinajstić information content (AvgIpc) is 3.38. The van der Waals surface area contributed by atoms with Crippen LogP contribution in [0.4, 0.5) is 10.6 Å². The number of likely N-dealkylation sites (N-methyl/N-ethyl adjacent to an activating group) is 1. The first-order valence-corrected chi connectivity index (χ1v) is 16.1. The summed E-state index contributed by atoms with van der Waals surface area (Å²) in [6.45, 7) is 13.0. The molecule has 6 rings (SSSR count). The van der Waals surface area contributed by atoms with Crippen molar-refractivity contribution in [3.63, 3.8) is 0 Å². The zero-order chi connectivity index (χ0) is 31.2. The minimum atomic E-state index is -0.554. The number of nitrogens with zero attached hydrogens (tertiary/aromatic N) is 5. The van der Waals surface area contributed by atoms with E-state index in [1.54, 1.807) is 0 Å². The van der Waals surface area contributed by atoms with Crippen LogP contribution in [-0.2, 0) is 22.5 Å². The van der Waals surface area contributed by atoms with Crippen molar-refractivity contribution in [2.75, 3.05) is 38.2 Å². The van der Waals surface area contributed by atoms with Gasteiger partial charge in [-0.1, -0.05) is 41.9 Å². The molecule has 0 bridgehead atoms. The number of likely N-dealkylation sites (tertiary alicyclic amines) is 1. The highest BCUT2D eigenvalue weighted by Gasteiger charge is 2.38. The Kier molecular flexibility index (Phi) is 8.65. The first kappa shape index (κ1) is 30.9. The van der Waals surface area contributed by atoms with E-state index in [0.29, 0.717) is 49.8 Å². The number of rotatable bonds is 5. The summed E-state index contributed by atoms with van der Waals surface area (Å²) in [5.41, 5.74) is 2.41. The lowest BCUT2D eigenvalue weighted by molar-refractivity contribution is 0.00525. The monoisotopic (exact) mass is 621 g/mol. The van der Waals surface area contributed by atoms with Gasteiger partial charge in [0.25, 0.3) is 0 Å². The third-order valence-corrected chi connectivity index (χ3v) is 9.31. The van der Waals surface area contributed by atoms with Gasteiger partial charge in [-0.05, 0) is 78.1 Å². The minimum absolute atomic E-state index is 0.0780. The fraction of sp³-hybridized carbons (Fsp3) is 0.559. The van der Waals surface area contributed by atoms with Gasteiger partial charge < -0.3 is 24.0 Å². The molecule has 3 aromatic rings. The van der Waals surface area contributed by atoms with Crippen LogP contribution >= 0.6 is 11.6 Å². The molecule has 3 aliphatic rings. The highest BCUT2D eigenvalue weighted by molar-refractivity contribution is 6.35. The molecule has 4 atom stereocenters. The molecule has 10 heteroatoms. The summed E-state index contributed by atoms with van der Waals surface area (Å²) in [6, 6.07) is 12.8. The molecule has 0 radical (unpaired) electrons. The lowest BCUT2D eigenvalue weighted by Gasteiger charge is -2.45. The van der Waals surface area contributed by atoms with E-state index in [2.05, 4.69) is 55.0 Å². The van der Waals surface area contributed by atoms with Gasteiger partial charge >= 0.3 is 12.1 Å². The maximum atomic E-state index is 13.1. The average molecular weight is 622 g/mol. The van der Waals surface area contributed by atoms with Crippen LogP contribution < -0.4 is 9.64 Å². The Morgan fingerprint density at radius 3 is 2.50 bits per heavy atom. The number of ether oxygens (including phenoxy) is 3. The molecule has 4 heterocycles. The van der Waals surface area contributed by atoms with Crippen LogP contribution in [0.1, 0.15) is 70.4 Å². The molecule has 0 saturated carbocycles. The normalized spacial score (nSPS) is 24.4. The summed E-state index contributed by atoms with van der Waals surface area (Å²) < 4.78 is 18.6. The molecule has 2 aromatic carbocycles. The highest BCUT2D eigenvalue weighted by atomic mass is 35.5. The van der Waals surface area contributed by atoms with Gasteiger partial charge in [0.1, 0.15) is 18.0 Å². The number of hydrogen-bond acceptors (Lipinski definition) is 8. The fourth-order valence-electron chi connectivity index (χ4n) is 6.88. The van der Waals surface area contributed by atoms with E-state index in [-0.39, 0.29) is 24.3 Å². The second kappa shape index (κ2) is 12.3. The summed E-state index contributed by atoms with van der Waals surface area (Å²) in [4.78, 5) is 29.5. The van der Waals surface area contributed by atoms with E-state index < -0.39 is 5.60 Å². The van der Waals surface area contributed by atoms with Crippen LogP contribution in [0, 0.1) is 0 Å². The fourth-order valence-corrected chi connectivity index (χ4v) is 7.17. The predicted octanol–water partition coefficient (Wildman–Crippen LogP) is 6.40. The molecular formula is C34H44ClN5O4. The zero-order valence-electron chi connectivity index (χ0n) is 26.7. The van der Waals surface area contributed by atoms with Crippen molar-refractivity contribution >= 4 is 34.3 Å². The number of halogens is 1. The van der Waals surface area contributed by atoms with E-state index in [1.165, 1.54) is 6.42 Å². The van der Waals surface area contributed by atoms with Gasteiger partial charge in [-0.25, -0.2) is 4.79 Å². The Hall–Kier alpha value is -3.14. The van der Waals surface area contributed by atoms with Gasteiger partial charge in [0.05, 0.1) is 30.5 Å². The lowest BCUT2D eigenvalue weighted by Crippen LogP contribution is -2.59. The molecule has 1 unspecified atom stereocenters. The second-order valence-electron chi connectivity index (χ2n) is 13.5. The number of benzene rings is 2. The smallest absolute Gasteiger partial charge is 0.410 e. The highest BCUT2D eigenvalue weighted by Crippen LogP contribution is 2.40. The minimum Gasteiger partial charge on any atom is -0.462 e. The summed E-state index contributed by atoms with van der Waals surface area (Å²) in [5, 5.41) is 2.82. The second-order valence-corrected chi connectivity index (χ2v) is 13.9. The topological polar surface area (TPSA) is 80.3 Å². The number of amides is 1. The van der Waals surface area contributed by atoms with E-state index in [1.807, 2.05) is 37.8 Å². The Labute approximate surface area is 265 Å². The summed E-state index contributed by atoms with van der Waals surface area (Å²) in [5.74, 6) is 0.821. The molecule has 2 fully saturated rings. The summed E-state index contributed by atoms with van der Waals surface area (Å²) >= 11 is 6.70. The molecule has 44 heavy (non-hydrogen) atoms. The van der Waals surface area contributed by atoms with Crippen molar-refractivity contribution in [2.45, 2.75) is 90.3 Å². The van der Waals surface area contributed by atoms with Gasteiger partial charge in [-0.3, -0.25) is 4.90 Å². The molecule has 1 aromatic heterocycles. The quantitative estimate of drug-likeness (QED) is 0.324. The first-order chi connectivity index (χ1) is 21.0. The van der Waals surface area contributed by atoms with Gasteiger partial charge in [0.15, 0.2) is 0 Å². The third-order valence-electron chi connectivity index (χ3n) is 8.99. The Bertz CT molecular complexity index is 1510. The van der Waals surface area contributed by atoms with E-state index >= 15 is 0 Å². The van der Waals surface area contributed by atoms with E-state index in [9.17, 15) is 4.79 Å². The van der Waals surface area contributed by atoms with Gasteiger partial charge in [-0.15, -0.1) is 0 Å². The van der Waals surface area contributed by atoms with Crippen LogP contribution in [0.3, 0.4) is 0 Å². The Morgan fingerprint density at radius 2 is 1.82 bits per heavy atom. The van der Waals surface area contributed by atoms with E-state index in [0.717, 1.165) is 46.4 Å². The Morgan fingerprint density at radius 1 is 1.09 bits per heavy atom. The van der Waals surface area contributed by atoms with Gasteiger partial charge in [0.2, 0.25) is 0 Å². The summed E-state index contributed by atoms with van der Waals surface area (Å²) in [7, 11) is 2.14. The van der Waals surface area contributed by atoms with Gasteiger partial charge in [-0.2, -0.15) is 9.97 Å². The van der Waals surface area contributed by atoms with Crippen LogP contribution in [0.2, 0.25) is 5.02 Å². The zero-order valence-corrected chi connectivity index (χ0v) is 27.4. The first-order valence-electron chi connectivity index (χ1n) is 15.8.